The summed E-state index contributed by atoms with van der Waals surface area (Å²) in [5.74, 6) is 1.50. The van der Waals surface area contributed by atoms with Crippen molar-refractivity contribution in [1.29, 1.82) is 0 Å². The van der Waals surface area contributed by atoms with E-state index in [-0.39, 0.29) is 10.8 Å². The number of hydrogen-bond acceptors (Lipinski definition) is 4. The van der Waals surface area contributed by atoms with Gasteiger partial charge in [-0.1, -0.05) is 34.6 Å². The second-order valence-electron chi connectivity index (χ2n) is 8.31. The Kier molecular flexibility index (Phi) is 9.50. The smallest absolute Gasteiger partial charge is 0.243 e. The van der Waals surface area contributed by atoms with Gasteiger partial charge in [0, 0.05) is 39.0 Å². The van der Waals surface area contributed by atoms with E-state index in [4.69, 9.17) is 4.98 Å². The largest absolute Gasteiger partial charge is 0.356 e. The number of fused-ring (bicyclic) bond motifs is 1. The van der Waals surface area contributed by atoms with Gasteiger partial charge >= 0.3 is 0 Å². The fourth-order valence-electron chi connectivity index (χ4n) is 3.75. The minimum atomic E-state index is -3.53. The van der Waals surface area contributed by atoms with Crippen molar-refractivity contribution in [2.75, 3.05) is 19.6 Å². The molecule has 0 aliphatic rings. The molecule has 0 saturated carbocycles. The molecule has 0 spiro atoms. The number of carbonyl (C=O) groups is 1. The number of nitrogens with zero attached hydrogens (tertiary/aromatic N) is 3. The minimum absolute atomic E-state index is 0.0312. The van der Waals surface area contributed by atoms with Gasteiger partial charge < -0.3 is 9.88 Å². The third-order valence-electron chi connectivity index (χ3n) is 5.45. The van der Waals surface area contributed by atoms with Crippen LogP contribution in [0.2, 0.25) is 0 Å². The lowest BCUT2D eigenvalue weighted by molar-refractivity contribution is -0.121. The van der Waals surface area contributed by atoms with Crippen LogP contribution in [0.15, 0.2) is 23.1 Å². The molecular weight excluding hydrogens is 412 g/mol. The zero-order chi connectivity index (χ0) is 23.0. The van der Waals surface area contributed by atoms with Crippen LogP contribution in [0.4, 0.5) is 0 Å². The van der Waals surface area contributed by atoms with Crippen molar-refractivity contribution in [2.45, 2.75) is 78.2 Å². The number of imidazole rings is 1. The number of benzene rings is 1. The molecular formula is C23H38N4O3S. The number of sulfonamides is 1. The molecule has 1 N–H and O–H groups in total. The number of carbonyl (C=O) groups excluding carboxylic acids is 1. The standard InChI is InChI=1S/C23H38N4O3S/c1-6-16-27-21-12-11-19(31(29,30)26(7-2)8-3)17-20(21)25-22(27)13-14-23(28)24-15-9-10-18(4)5/h11-12,17-18H,6-10,13-16H2,1-5H3,(H,24,28). The second kappa shape index (κ2) is 11.6. The fourth-order valence-corrected chi connectivity index (χ4v) is 5.23. The number of aryl methyl sites for hydroxylation is 2. The van der Waals surface area contributed by atoms with Crippen molar-refractivity contribution in [3.63, 3.8) is 0 Å². The summed E-state index contributed by atoms with van der Waals surface area (Å²) in [6.07, 6.45) is 3.92. The molecule has 7 nitrogen and oxygen atoms in total. The summed E-state index contributed by atoms with van der Waals surface area (Å²) in [6, 6.07) is 5.16. The maximum absolute atomic E-state index is 12.9. The molecule has 2 rings (SSSR count). The van der Waals surface area contributed by atoms with Crippen LogP contribution in [0.1, 0.15) is 66.1 Å². The summed E-state index contributed by atoms with van der Waals surface area (Å²) in [7, 11) is -3.53. The van der Waals surface area contributed by atoms with Crippen LogP contribution in [0, 0.1) is 5.92 Å². The Labute approximate surface area is 187 Å². The molecule has 0 radical (unpaired) electrons. The van der Waals surface area contributed by atoms with Crippen LogP contribution in [-0.4, -0.2) is 47.8 Å². The summed E-state index contributed by atoms with van der Waals surface area (Å²) in [6.45, 7) is 12.5. The summed E-state index contributed by atoms with van der Waals surface area (Å²) in [4.78, 5) is 17.2. The predicted octanol–water partition coefficient (Wildman–Crippen LogP) is 3.96. The van der Waals surface area contributed by atoms with Crippen LogP contribution in [0.5, 0.6) is 0 Å². The molecule has 31 heavy (non-hydrogen) atoms. The lowest BCUT2D eigenvalue weighted by atomic mass is 10.1. The van der Waals surface area contributed by atoms with Crippen molar-refractivity contribution in [3.8, 4) is 0 Å². The highest BCUT2D eigenvalue weighted by Crippen LogP contribution is 2.24. The lowest BCUT2D eigenvalue weighted by Crippen LogP contribution is -2.30. The second-order valence-corrected chi connectivity index (χ2v) is 10.2. The van der Waals surface area contributed by atoms with E-state index in [1.165, 1.54) is 4.31 Å². The van der Waals surface area contributed by atoms with Gasteiger partial charge in [-0.15, -0.1) is 0 Å². The van der Waals surface area contributed by atoms with Gasteiger partial charge in [0.05, 0.1) is 15.9 Å². The third-order valence-corrected chi connectivity index (χ3v) is 7.49. The number of amides is 1. The van der Waals surface area contributed by atoms with Gasteiger partial charge in [0.15, 0.2) is 0 Å². The number of aromatic nitrogens is 2. The lowest BCUT2D eigenvalue weighted by Gasteiger charge is -2.18. The predicted molar refractivity (Wildman–Crippen MR) is 126 cm³/mol. The SMILES string of the molecule is CCCn1c(CCC(=O)NCCCC(C)C)nc2cc(S(=O)(=O)N(CC)CC)ccc21. The molecule has 0 atom stereocenters. The van der Waals surface area contributed by atoms with Crippen LogP contribution >= 0.6 is 0 Å². The Morgan fingerprint density at radius 2 is 1.90 bits per heavy atom. The van der Waals surface area contributed by atoms with Crippen molar-refractivity contribution >= 4 is 27.0 Å². The molecule has 0 fully saturated rings. The quantitative estimate of drug-likeness (QED) is 0.468. The van der Waals surface area contributed by atoms with Crippen molar-refractivity contribution in [1.82, 2.24) is 19.2 Å². The van der Waals surface area contributed by atoms with Gasteiger partial charge in [0.25, 0.3) is 0 Å². The Morgan fingerprint density at radius 1 is 1.19 bits per heavy atom. The first-order chi connectivity index (χ1) is 14.7. The van der Waals surface area contributed by atoms with E-state index < -0.39 is 10.0 Å². The Balaban J connectivity index is 2.19. The van der Waals surface area contributed by atoms with Gasteiger partial charge in [-0.2, -0.15) is 4.31 Å². The molecule has 1 heterocycles. The third kappa shape index (κ3) is 6.53. The fraction of sp³-hybridized carbons (Fsp3) is 0.652. The van der Waals surface area contributed by atoms with E-state index in [0.29, 0.717) is 43.9 Å². The van der Waals surface area contributed by atoms with Crippen molar-refractivity contribution < 1.29 is 13.2 Å². The summed E-state index contributed by atoms with van der Waals surface area (Å²) < 4.78 is 29.3. The Morgan fingerprint density at radius 3 is 2.52 bits per heavy atom. The molecule has 0 unspecified atom stereocenters. The molecule has 8 heteroatoms. The topological polar surface area (TPSA) is 84.3 Å². The van der Waals surface area contributed by atoms with E-state index in [1.807, 2.05) is 19.9 Å². The number of rotatable bonds is 13. The normalized spacial score (nSPS) is 12.2. The minimum Gasteiger partial charge on any atom is -0.356 e. The molecule has 0 aliphatic heterocycles. The van der Waals surface area contributed by atoms with Crippen LogP contribution in [-0.2, 0) is 27.8 Å². The van der Waals surface area contributed by atoms with Crippen molar-refractivity contribution in [3.05, 3.63) is 24.0 Å². The zero-order valence-electron chi connectivity index (χ0n) is 19.6. The zero-order valence-corrected chi connectivity index (χ0v) is 20.5. The van der Waals surface area contributed by atoms with Crippen LogP contribution in [0.25, 0.3) is 11.0 Å². The van der Waals surface area contributed by atoms with E-state index in [0.717, 1.165) is 37.1 Å². The molecule has 174 valence electrons. The first-order valence-electron chi connectivity index (χ1n) is 11.5. The van der Waals surface area contributed by atoms with Crippen LogP contribution < -0.4 is 5.32 Å². The maximum atomic E-state index is 12.9. The van der Waals surface area contributed by atoms with Gasteiger partial charge in [0.1, 0.15) is 5.82 Å². The van der Waals surface area contributed by atoms with E-state index >= 15 is 0 Å². The number of nitrogens with one attached hydrogen (secondary N) is 1. The average Bonchev–Trinajstić information content (AvgIpc) is 3.07. The highest BCUT2D eigenvalue weighted by atomic mass is 32.2. The molecule has 1 aromatic heterocycles. The average molecular weight is 451 g/mol. The van der Waals surface area contributed by atoms with Crippen LogP contribution in [0.3, 0.4) is 0 Å². The first kappa shape index (κ1) is 25.3. The summed E-state index contributed by atoms with van der Waals surface area (Å²) >= 11 is 0. The van der Waals surface area contributed by atoms with E-state index in [2.05, 4.69) is 30.7 Å². The monoisotopic (exact) mass is 450 g/mol. The molecule has 1 aromatic carbocycles. The highest BCUT2D eigenvalue weighted by Gasteiger charge is 2.23. The number of hydrogen-bond donors (Lipinski definition) is 1. The van der Waals surface area contributed by atoms with Gasteiger partial charge in [0.2, 0.25) is 15.9 Å². The summed E-state index contributed by atoms with van der Waals surface area (Å²) in [5, 5.41) is 2.99. The molecule has 1 amide bonds. The van der Waals surface area contributed by atoms with Gasteiger partial charge in [-0.3, -0.25) is 4.79 Å². The van der Waals surface area contributed by atoms with Gasteiger partial charge in [-0.25, -0.2) is 13.4 Å². The summed E-state index contributed by atoms with van der Waals surface area (Å²) in [5.41, 5.74) is 1.57. The molecule has 0 saturated heterocycles. The van der Waals surface area contributed by atoms with E-state index in [1.54, 1.807) is 12.1 Å². The molecule has 2 aromatic rings. The molecule has 0 bridgehead atoms. The molecule has 0 aliphatic carbocycles. The Bertz CT molecular complexity index is 963. The van der Waals surface area contributed by atoms with E-state index in [9.17, 15) is 13.2 Å². The van der Waals surface area contributed by atoms with Crippen molar-refractivity contribution in [2.24, 2.45) is 5.92 Å². The first-order valence-corrected chi connectivity index (χ1v) is 12.9. The van der Waals surface area contributed by atoms with Gasteiger partial charge in [-0.05, 0) is 43.4 Å². The Hall–Kier alpha value is -1.93. The highest BCUT2D eigenvalue weighted by molar-refractivity contribution is 7.89. The maximum Gasteiger partial charge on any atom is 0.243 e.